The zero-order valence-electron chi connectivity index (χ0n) is 17.5. The number of rotatable bonds is 6. The summed E-state index contributed by atoms with van der Waals surface area (Å²) < 4.78 is 10.2. The highest BCUT2D eigenvalue weighted by Gasteiger charge is 2.27. The lowest BCUT2D eigenvalue weighted by Gasteiger charge is -2.31. The maximum absolute atomic E-state index is 12.9. The number of likely N-dealkylation sites (tertiary alicyclic amines) is 1. The number of nitrogens with zero attached hydrogens (tertiary/aromatic N) is 3. The van der Waals surface area contributed by atoms with Crippen molar-refractivity contribution in [3.8, 4) is 10.7 Å². The van der Waals surface area contributed by atoms with Crippen molar-refractivity contribution >= 4 is 28.9 Å². The monoisotopic (exact) mass is 440 g/mol. The normalized spacial score (nSPS) is 16.8. The molecule has 1 aromatic carbocycles. The molecule has 1 aliphatic rings. The summed E-state index contributed by atoms with van der Waals surface area (Å²) in [6.07, 6.45) is 1.72. The number of anilines is 1. The lowest BCUT2D eigenvalue weighted by molar-refractivity contribution is -0.121. The van der Waals surface area contributed by atoms with Gasteiger partial charge in [-0.05, 0) is 55.5 Å². The van der Waals surface area contributed by atoms with Crippen LogP contribution in [0.25, 0.3) is 10.7 Å². The summed E-state index contributed by atoms with van der Waals surface area (Å²) in [5, 5.41) is 9.01. The number of thiophene rings is 1. The molecule has 9 heteroatoms. The van der Waals surface area contributed by atoms with Crippen LogP contribution in [0.4, 0.5) is 5.69 Å². The Morgan fingerprint density at radius 2 is 2.19 bits per heavy atom. The minimum absolute atomic E-state index is 0.0559. The fourth-order valence-corrected chi connectivity index (χ4v) is 4.42. The van der Waals surface area contributed by atoms with E-state index in [0.29, 0.717) is 41.6 Å². The second kappa shape index (κ2) is 9.40. The van der Waals surface area contributed by atoms with Crippen molar-refractivity contribution in [3.05, 3.63) is 52.7 Å². The van der Waals surface area contributed by atoms with Crippen LogP contribution in [0.15, 0.2) is 40.2 Å². The quantitative estimate of drug-likeness (QED) is 0.583. The molecule has 3 aromatic rings. The van der Waals surface area contributed by atoms with E-state index in [2.05, 4.69) is 20.4 Å². The number of carbonyl (C=O) groups is 2. The van der Waals surface area contributed by atoms with Crippen LogP contribution < -0.4 is 5.32 Å². The number of nitrogens with one attached hydrogen (secondary N) is 1. The summed E-state index contributed by atoms with van der Waals surface area (Å²) in [5.74, 6) is 0.511. The predicted octanol–water partition coefficient (Wildman–Crippen LogP) is 3.74. The van der Waals surface area contributed by atoms with Crippen molar-refractivity contribution in [2.24, 2.45) is 5.92 Å². The maximum Gasteiger partial charge on any atom is 0.338 e. The Hall–Kier alpha value is -3.04. The molecule has 1 unspecified atom stereocenters. The van der Waals surface area contributed by atoms with Crippen molar-refractivity contribution < 1.29 is 18.8 Å². The Morgan fingerprint density at radius 1 is 1.32 bits per heavy atom. The van der Waals surface area contributed by atoms with Gasteiger partial charge in [0.05, 0.1) is 30.0 Å². The van der Waals surface area contributed by atoms with E-state index in [1.54, 1.807) is 36.5 Å². The van der Waals surface area contributed by atoms with E-state index in [1.165, 1.54) is 7.11 Å². The topological polar surface area (TPSA) is 97.6 Å². The van der Waals surface area contributed by atoms with Gasteiger partial charge in [-0.2, -0.15) is 4.98 Å². The van der Waals surface area contributed by atoms with E-state index in [4.69, 9.17) is 9.26 Å². The number of benzene rings is 1. The van der Waals surface area contributed by atoms with Crippen LogP contribution in [0.5, 0.6) is 0 Å². The van der Waals surface area contributed by atoms with Crippen molar-refractivity contribution in [1.82, 2.24) is 15.0 Å². The third kappa shape index (κ3) is 4.83. The van der Waals surface area contributed by atoms with E-state index in [0.717, 1.165) is 24.3 Å². The average Bonchev–Trinajstić information content (AvgIpc) is 3.47. The van der Waals surface area contributed by atoms with Gasteiger partial charge >= 0.3 is 5.97 Å². The van der Waals surface area contributed by atoms with E-state index in [-0.39, 0.29) is 11.8 Å². The molecule has 0 spiro atoms. The highest BCUT2D eigenvalue weighted by molar-refractivity contribution is 7.13. The summed E-state index contributed by atoms with van der Waals surface area (Å²) in [6, 6.07) is 9.13. The highest BCUT2D eigenvalue weighted by atomic mass is 32.1. The molecule has 31 heavy (non-hydrogen) atoms. The van der Waals surface area contributed by atoms with E-state index in [9.17, 15) is 9.59 Å². The van der Waals surface area contributed by atoms with Crippen molar-refractivity contribution in [2.75, 3.05) is 25.5 Å². The fraction of sp³-hybridized carbons (Fsp3) is 0.364. The molecule has 0 saturated carbocycles. The molecule has 1 fully saturated rings. The van der Waals surface area contributed by atoms with Crippen molar-refractivity contribution in [3.63, 3.8) is 0 Å². The molecule has 1 N–H and O–H groups in total. The Labute approximate surface area is 184 Å². The molecule has 3 heterocycles. The van der Waals surface area contributed by atoms with Gasteiger partial charge in [-0.15, -0.1) is 11.3 Å². The zero-order valence-corrected chi connectivity index (χ0v) is 18.3. The van der Waals surface area contributed by atoms with Gasteiger partial charge in [0.1, 0.15) is 0 Å². The van der Waals surface area contributed by atoms with E-state index in [1.807, 2.05) is 17.5 Å². The first-order valence-corrected chi connectivity index (χ1v) is 11.0. The van der Waals surface area contributed by atoms with E-state index < -0.39 is 5.97 Å². The molecule has 4 rings (SSSR count). The number of hydrogen-bond donors (Lipinski definition) is 1. The number of amides is 1. The summed E-state index contributed by atoms with van der Waals surface area (Å²) in [4.78, 5) is 32.4. The summed E-state index contributed by atoms with van der Waals surface area (Å²) in [6.45, 7) is 3.80. The third-order valence-electron chi connectivity index (χ3n) is 5.44. The molecule has 8 nitrogen and oxygen atoms in total. The number of ether oxygens (including phenoxy) is 1. The van der Waals surface area contributed by atoms with Gasteiger partial charge in [0.15, 0.2) is 0 Å². The smallest absolute Gasteiger partial charge is 0.338 e. The van der Waals surface area contributed by atoms with Crippen LogP contribution >= 0.6 is 11.3 Å². The Balaban J connectivity index is 1.38. The van der Waals surface area contributed by atoms with Crippen LogP contribution in [-0.4, -0.2) is 47.1 Å². The average molecular weight is 441 g/mol. The maximum atomic E-state index is 12.9. The largest absolute Gasteiger partial charge is 0.465 e. The number of esters is 1. The Bertz CT molecular complexity index is 1060. The van der Waals surface area contributed by atoms with Gasteiger partial charge in [0.25, 0.3) is 0 Å². The van der Waals surface area contributed by atoms with Crippen LogP contribution in [0.1, 0.15) is 34.7 Å². The van der Waals surface area contributed by atoms with Gasteiger partial charge in [-0.25, -0.2) is 4.79 Å². The standard InChI is InChI=1S/C22H24N4O4S/c1-14-16(22(28)29-2)7-3-8-17(14)23-21(27)15-6-4-10-26(12-15)13-19-24-20(25-30-19)18-9-5-11-31-18/h3,5,7-9,11,15H,4,6,10,12-13H2,1-2H3,(H,23,27). The molecule has 0 radical (unpaired) electrons. The van der Waals surface area contributed by atoms with Crippen LogP contribution in [0.2, 0.25) is 0 Å². The Kier molecular flexibility index (Phi) is 6.43. The van der Waals surface area contributed by atoms with Crippen LogP contribution in [0, 0.1) is 12.8 Å². The van der Waals surface area contributed by atoms with Gasteiger partial charge in [0.2, 0.25) is 17.6 Å². The second-order valence-electron chi connectivity index (χ2n) is 7.52. The summed E-state index contributed by atoms with van der Waals surface area (Å²) >= 11 is 1.57. The molecule has 0 aliphatic carbocycles. The fourth-order valence-electron chi connectivity index (χ4n) is 3.77. The number of hydrogen-bond acceptors (Lipinski definition) is 8. The molecule has 1 amide bonds. The molecule has 1 saturated heterocycles. The number of piperidine rings is 1. The van der Waals surface area contributed by atoms with Gasteiger partial charge in [0, 0.05) is 12.2 Å². The molecule has 162 valence electrons. The highest BCUT2D eigenvalue weighted by Crippen LogP contribution is 2.25. The van der Waals surface area contributed by atoms with Crippen molar-refractivity contribution in [2.45, 2.75) is 26.3 Å². The van der Waals surface area contributed by atoms with Gasteiger partial charge < -0.3 is 14.6 Å². The first-order valence-electron chi connectivity index (χ1n) is 10.1. The summed E-state index contributed by atoms with van der Waals surface area (Å²) in [5.41, 5.74) is 1.77. The predicted molar refractivity (Wildman–Crippen MR) is 117 cm³/mol. The third-order valence-corrected chi connectivity index (χ3v) is 6.31. The molecular formula is C22H24N4O4S. The zero-order chi connectivity index (χ0) is 21.8. The molecule has 2 aromatic heterocycles. The molecule has 1 atom stereocenters. The Morgan fingerprint density at radius 3 is 2.97 bits per heavy atom. The van der Waals surface area contributed by atoms with Crippen LogP contribution in [-0.2, 0) is 16.1 Å². The lowest BCUT2D eigenvalue weighted by Crippen LogP contribution is -2.40. The molecular weight excluding hydrogens is 416 g/mol. The number of methoxy groups -OCH3 is 1. The minimum Gasteiger partial charge on any atom is -0.465 e. The second-order valence-corrected chi connectivity index (χ2v) is 8.47. The number of carbonyl (C=O) groups excluding carboxylic acids is 2. The minimum atomic E-state index is -0.418. The van der Waals surface area contributed by atoms with E-state index >= 15 is 0 Å². The van der Waals surface area contributed by atoms with Crippen molar-refractivity contribution in [1.29, 1.82) is 0 Å². The number of aromatic nitrogens is 2. The van der Waals surface area contributed by atoms with Gasteiger partial charge in [-0.3, -0.25) is 9.69 Å². The molecule has 1 aliphatic heterocycles. The first-order chi connectivity index (χ1) is 15.0. The lowest BCUT2D eigenvalue weighted by atomic mass is 9.96. The van der Waals surface area contributed by atoms with Gasteiger partial charge in [-0.1, -0.05) is 17.3 Å². The first kappa shape index (κ1) is 21.2. The van der Waals surface area contributed by atoms with Crippen LogP contribution in [0.3, 0.4) is 0 Å². The molecule has 0 bridgehead atoms. The summed E-state index contributed by atoms with van der Waals surface area (Å²) in [7, 11) is 1.34. The SMILES string of the molecule is COC(=O)c1cccc(NC(=O)C2CCCN(Cc3nc(-c4cccs4)no3)C2)c1C.